The molecule has 0 aliphatic heterocycles. The van der Waals surface area contributed by atoms with Gasteiger partial charge in [-0.2, -0.15) is 0 Å². The Hall–Kier alpha value is -2.93. The van der Waals surface area contributed by atoms with E-state index in [2.05, 4.69) is 10.3 Å². The summed E-state index contributed by atoms with van der Waals surface area (Å²) in [5.41, 5.74) is 1.60. The summed E-state index contributed by atoms with van der Waals surface area (Å²) in [6, 6.07) is 13.4. The van der Waals surface area contributed by atoms with Crippen LogP contribution in [0.1, 0.15) is 11.3 Å². The molecular weight excluding hydrogens is 324 g/mol. The fourth-order valence-electron chi connectivity index (χ4n) is 1.99. The number of carbonyl (C=O) groups excluding carboxylic acids is 2. The molecule has 1 aromatic carbocycles. The molecule has 0 bridgehead atoms. The van der Waals surface area contributed by atoms with Gasteiger partial charge in [0.05, 0.1) is 13.2 Å². The minimum absolute atomic E-state index is 0.0621. The van der Waals surface area contributed by atoms with Gasteiger partial charge in [0, 0.05) is 18.3 Å². The molecule has 0 unspecified atom stereocenters. The maximum absolute atomic E-state index is 11.9. The monoisotopic (exact) mass is 344 g/mol. The maximum atomic E-state index is 11.9. The van der Waals surface area contributed by atoms with Crippen LogP contribution in [-0.2, 0) is 27.3 Å². The standard InChI is InChI=1S/C18H20N2O5/c21-12-16(17(22)25-13-14-6-2-1-3-7-14)20-18(23)24-11-9-15-8-4-5-10-19-15/h1-8,10,16,21H,9,11-13H2,(H,20,23)/t16-/m1/s1. The summed E-state index contributed by atoms with van der Waals surface area (Å²) < 4.78 is 10.1. The lowest BCUT2D eigenvalue weighted by atomic mass is 10.2. The van der Waals surface area contributed by atoms with Crippen LogP contribution in [0.25, 0.3) is 0 Å². The third-order valence-electron chi connectivity index (χ3n) is 3.30. The highest BCUT2D eigenvalue weighted by molar-refractivity contribution is 5.81. The van der Waals surface area contributed by atoms with Crippen LogP contribution in [0.4, 0.5) is 4.79 Å². The number of aliphatic hydroxyl groups excluding tert-OH is 1. The fraction of sp³-hybridized carbons (Fsp3) is 0.278. The molecule has 2 N–H and O–H groups in total. The topological polar surface area (TPSA) is 97.8 Å². The second-order valence-corrected chi connectivity index (χ2v) is 5.18. The van der Waals surface area contributed by atoms with Gasteiger partial charge in [-0.25, -0.2) is 9.59 Å². The number of nitrogens with one attached hydrogen (secondary N) is 1. The third kappa shape index (κ3) is 6.60. The Bertz CT molecular complexity index is 664. The molecule has 0 spiro atoms. The molecule has 2 aromatic rings. The number of rotatable bonds is 8. The number of benzene rings is 1. The lowest BCUT2D eigenvalue weighted by Crippen LogP contribution is -2.44. The van der Waals surface area contributed by atoms with E-state index in [9.17, 15) is 14.7 Å². The van der Waals surface area contributed by atoms with Crippen LogP contribution in [0.2, 0.25) is 0 Å². The van der Waals surface area contributed by atoms with Crippen LogP contribution in [0.15, 0.2) is 54.7 Å². The molecule has 7 nitrogen and oxygen atoms in total. The van der Waals surface area contributed by atoms with E-state index < -0.39 is 24.7 Å². The van der Waals surface area contributed by atoms with Crippen molar-refractivity contribution in [3.63, 3.8) is 0 Å². The molecule has 1 atom stereocenters. The number of amides is 1. The van der Waals surface area contributed by atoms with Crippen LogP contribution in [0.5, 0.6) is 0 Å². The van der Waals surface area contributed by atoms with Crippen LogP contribution < -0.4 is 5.32 Å². The molecule has 1 amide bonds. The maximum Gasteiger partial charge on any atom is 0.407 e. The Morgan fingerprint density at radius 3 is 2.52 bits per heavy atom. The SMILES string of the molecule is O=C(N[C@H](CO)C(=O)OCc1ccccc1)OCCc1ccccn1. The molecule has 1 aromatic heterocycles. The summed E-state index contributed by atoms with van der Waals surface area (Å²) in [6.07, 6.45) is 1.31. The van der Waals surface area contributed by atoms with Crippen LogP contribution in [0, 0.1) is 0 Å². The molecular formula is C18H20N2O5. The molecule has 7 heteroatoms. The van der Waals surface area contributed by atoms with E-state index in [0.29, 0.717) is 6.42 Å². The summed E-state index contributed by atoms with van der Waals surface area (Å²) in [6.45, 7) is -0.407. The molecule has 132 valence electrons. The molecule has 0 saturated heterocycles. The van der Waals surface area contributed by atoms with E-state index in [4.69, 9.17) is 9.47 Å². The first-order valence-electron chi connectivity index (χ1n) is 7.83. The number of nitrogens with zero attached hydrogens (tertiary/aromatic N) is 1. The zero-order chi connectivity index (χ0) is 17.9. The molecule has 25 heavy (non-hydrogen) atoms. The number of hydrogen-bond donors (Lipinski definition) is 2. The largest absolute Gasteiger partial charge is 0.459 e. The first-order valence-corrected chi connectivity index (χ1v) is 7.83. The second-order valence-electron chi connectivity index (χ2n) is 5.18. The van der Waals surface area contributed by atoms with Crippen molar-refractivity contribution in [2.75, 3.05) is 13.2 Å². The van der Waals surface area contributed by atoms with E-state index >= 15 is 0 Å². The number of pyridine rings is 1. The van der Waals surface area contributed by atoms with Gasteiger partial charge in [-0.1, -0.05) is 36.4 Å². The smallest absolute Gasteiger partial charge is 0.407 e. The van der Waals surface area contributed by atoms with E-state index in [1.807, 2.05) is 30.3 Å². The molecule has 0 aliphatic rings. The number of carbonyl (C=O) groups is 2. The molecule has 0 saturated carbocycles. The second kappa shape index (κ2) is 10.0. The highest BCUT2D eigenvalue weighted by Crippen LogP contribution is 2.02. The quantitative estimate of drug-likeness (QED) is 0.704. The normalized spacial score (nSPS) is 11.4. The minimum Gasteiger partial charge on any atom is -0.459 e. The fourth-order valence-corrected chi connectivity index (χ4v) is 1.99. The van der Waals surface area contributed by atoms with Crippen LogP contribution >= 0.6 is 0 Å². The predicted molar refractivity (Wildman–Crippen MR) is 89.5 cm³/mol. The molecule has 2 rings (SSSR count). The van der Waals surface area contributed by atoms with Crippen molar-refractivity contribution in [1.29, 1.82) is 0 Å². The molecule has 0 aliphatic carbocycles. The number of hydrogen-bond acceptors (Lipinski definition) is 6. The first kappa shape index (κ1) is 18.4. The van der Waals surface area contributed by atoms with Crippen molar-refractivity contribution in [2.24, 2.45) is 0 Å². The van der Waals surface area contributed by atoms with Crippen molar-refractivity contribution in [3.05, 3.63) is 66.0 Å². The summed E-state index contributed by atoms with van der Waals surface area (Å²) in [7, 11) is 0. The highest BCUT2D eigenvalue weighted by Gasteiger charge is 2.22. The zero-order valence-corrected chi connectivity index (χ0v) is 13.6. The van der Waals surface area contributed by atoms with Gasteiger partial charge >= 0.3 is 12.1 Å². The zero-order valence-electron chi connectivity index (χ0n) is 13.6. The van der Waals surface area contributed by atoms with Crippen molar-refractivity contribution in [1.82, 2.24) is 10.3 Å². The van der Waals surface area contributed by atoms with Crippen LogP contribution in [-0.4, -0.2) is 41.4 Å². The van der Waals surface area contributed by atoms with Crippen molar-refractivity contribution in [3.8, 4) is 0 Å². The van der Waals surface area contributed by atoms with E-state index in [1.165, 1.54) is 0 Å². The van der Waals surface area contributed by atoms with E-state index in [1.54, 1.807) is 24.4 Å². The molecule has 1 heterocycles. The first-order chi connectivity index (χ1) is 12.2. The van der Waals surface area contributed by atoms with Gasteiger partial charge in [0.2, 0.25) is 0 Å². The summed E-state index contributed by atoms with van der Waals surface area (Å²) >= 11 is 0. The van der Waals surface area contributed by atoms with Crippen molar-refractivity contribution >= 4 is 12.1 Å². The van der Waals surface area contributed by atoms with Gasteiger partial charge in [0.25, 0.3) is 0 Å². The number of ether oxygens (including phenoxy) is 2. The van der Waals surface area contributed by atoms with Crippen molar-refractivity contribution < 1.29 is 24.2 Å². The number of alkyl carbamates (subject to hydrolysis) is 1. The Balaban J connectivity index is 1.72. The number of esters is 1. The van der Waals surface area contributed by atoms with Gasteiger partial charge < -0.3 is 19.9 Å². The van der Waals surface area contributed by atoms with Gasteiger partial charge in [0.15, 0.2) is 6.04 Å². The Labute approximate surface area is 145 Å². The Morgan fingerprint density at radius 1 is 1.08 bits per heavy atom. The van der Waals surface area contributed by atoms with Crippen molar-refractivity contribution in [2.45, 2.75) is 19.1 Å². The Kier molecular flexibility index (Phi) is 7.40. The average molecular weight is 344 g/mol. The van der Waals surface area contributed by atoms with E-state index in [0.717, 1.165) is 11.3 Å². The number of aliphatic hydroxyl groups is 1. The number of aromatic nitrogens is 1. The van der Waals surface area contributed by atoms with Gasteiger partial charge in [-0.15, -0.1) is 0 Å². The van der Waals surface area contributed by atoms with Gasteiger partial charge in [0.1, 0.15) is 6.61 Å². The summed E-state index contributed by atoms with van der Waals surface area (Å²) in [5.74, 6) is -0.729. The predicted octanol–water partition coefficient (Wildman–Crippen LogP) is 1.45. The van der Waals surface area contributed by atoms with Crippen LogP contribution in [0.3, 0.4) is 0 Å². The summed E-state index contributed by atoms with van der Waals surface area (Å²) in [5, 5.41) is 11.5. The Morgan fingerprint density at radius 2 is 1.84 bits per heavy atom. The third-order valence-corrected chi connectivity index (χ3v) is 3.30. The molecule has 0 radical (unpaired) electrons. The van der Waals surface area contributed by atoms with Gasteiger partial charge in [-0.05, 0) is 17.7 Å². The lowest BCUT2D eigenvalue weighted by Gasteiger charge is -2.15. The summed E-state index contributed by atoms with van der Waals surface area (Å²) in [4.78, 5) is 27.7. The minimum atomic E-state index is -1.17. The average Bonchev–Trinajstić information content (AvgIpc) is 2.66. The van der Waals surface area contributed by atoms with Gasteiger partial charge in [-0.3, -0.25) is 4.98 Å². The highest BCUT2D eigenvalue weighted by atomic mass is 16.6. The van der Waals surface area contributed by atoms with E-state index in [-0.39, 0.29) is 13.2 Å². The molecule has 0 fully saturated rings. The lowest BCUT2D eigenvalue weighted by molar-refractivity contribution is -0.148.